The summed E-state index contributed by atoms with van der Waals surface area (Å²) in [5, 5.41) is 2.97. The maximum atomic E-state index is 12.6. The molecule has 3 aromatic rings. The number of aryl methyl sites for hydroxylation is 1. The number of halogens is 2. The predicted octanol–water partition coefficient (Wildman–Crippen LogP) is 4.82. The highest BCUT2D eigenvalue weighted by Gasteiger charge is 2.14. The second kappa shape index (κ2) is 7.90. The molecule has 0 atom stereocenters. The number of amides is 2. The molecule has 0 radical (unpaired) electrons. The van der Waals surface area contributed by atoms with Crippen LogP contribution in [0.2, 0.25) is 5.02 Å². The van der Waals surface area contributed by atoms with Crippen molar-refractivity contribution in [1.82, 2.24) is 4.98 Å². The van der Waals surface area contributed by atoms with Crippen LogP contribution in [0.1, 0.15) is 26.4 Å². The number of rotatable bonds is 4. The van der Waals surface area contributed by atoms with Crippen molar-refractivity contribution in [3.63, 3.8) is 0 Å². The van der Waals surface area contributed by atoms with Crippen molar-refractivity contribution in [2.75, 3.05) is 5.32 Å². The Morgan fingerprint density at radius 1 is 1.07 bits per heavy atom. The van der Waals surface area contributed by atoms with Gasteiger partial charge in [-0.3, -0.25) is 14.6 Å². The van der Waals surface area contributed by atoms with E-state index in [0.717, 1.165) is 15.7 Å². The molecular formula is C20H15BrClN3O2. The van der Waals surface area contributed by atoms with Crippen LogP contribution in [0.25, 0.3) is 11.3 Å². The van der Waals surface area contributed by atoms with Crippen LogP contribution in [0.4, 0.5) is 5.69 Å². The topological polar surface area (TPSA) is 85.1 Å². The molecule has 0 aliphatic rings. The number of anilines is 1. The monoisotopic (exact) mass is 443 g/mol. The normalized spacial score (nSPS) is 10.5. The molecule has 0 saturated carbocycles. The minimum Gasteiger partial charge on any atom is -0.366 e. The number of primary amides is 1. The lowest BCUT2D eigenvalue weighted by Gasteiger charge is -2.10. The first-order chi connectivity index (χ1) is 12.8. The van der Waals surface area contributed by atoms with E-state index < -0.39 is 5.91 Å². The van der Waals surface area contributed by atoms with Crippen molar-refractivity contribution < 1.29 is 9.59 Å². The Bertz CT molecular complexity index is 1050. The van der Waals surface area contributed by atoms with Gasteiger partial charge < -0.3 is 11.1 Å². The number of nitrogens with one attached hydrogen (secondary N) is 1. The first kappa shape index (κ1) is 19.1. The SMILES string of the molecule is Cc1nc(-c2cccc(Br)c2)ccc1C(=O)Nc1ccc(Cl)c(C(N)=O)c1. The lowest BCUT2D eigenvalue weighted by atomic mass is 10.1. The number of carbonyl (C=O) groups excluding carboxylic acids is 2. The van der Waals surface area contributed by atoms with Gasteiger partial charge in [-0.15, -0.1) is 0 Å². The van der Waals surface area contributed by atoms with Crippen molar-refractivity contribution in [3.05, 3.63) is 80.9 Å². The molecule has 3 N–H and O–H groups in total. The van der Waals surface area contributed by atoms with Crippen LogP contribution in [-0.4, -0.2) is 16.8 Å². The first-order valence-corrected chi connectivity index (χ1v) is 9.16. The summed E-state index contributed by atoms with van der Waals surface area (Å²) in [5.74, 6) is -0.995. The Hall–Kier alpha value is -2.70. The number of hydrogen-bond acceptors (Lipinski definition) is 3. The van der Waals surface area contributed by atoms with Gasteiger partial charge in [0.05, 0.1) is 27.5 Å². The molecule has 2 aromatic carbocycles. The average Bonchev–Trinajstić information content (AvgIpc) is 2.63. The summed E-state index contributed by atoms with van der Waals surface area (Å²) >= 11 is 9.37. The third kappa shape index (κ3) is 4.35. The fraction of sp³-hybridized carbons (Fsp3) is 0.0500. The Kier molecular flexibility index (Phi) is 5.58. The number of aromatic nitrogens is 1. The van der Waals surface area contributed by atoms with Gasteiger partial charge in [0.1, 0.15) is 0 Å². The van der Waals surface area contributed by atoms with Crippen molar-refractivity contribution in [2.24, 2.45) is 5.73 Å². The molecule has 5 nitrogen and oxygen atoms in total. The highest BCUT2D eigenvalue weighted by atomic mass is 79.9. The van der Waals surface area contributed by atoms with Crippen LogP contribution in [-0.2, 0) is 0 Å². The predicted molar refractivity (Wildman–Crippen MR) is 110 cm³/mol. The zero-order valence-corrected chi connectivity index (χ0v) is 16.6. The van der Waals surface area contributed by atoms with Gasteiger partial charge in [-0.1, -0.05) is 39.7 Å². The van der Waals surface area contributed by atoms with E-state index in [-0.39, 0.29) is 16.5 Å². The van der Waals surface area contributed by atoms with Crippen molar-refractivity contribution in [2.45, 2.75) is 6.92 Å². The molecule has 3 rings (SSSR count). The molecule has 2 amide bonds. The minimum absolute atomic E-state index is 0.148. The van der Waals surface area contributed by atoms with Crippen molar-refractivity contribution >= 4 is 45.0 Å². The molecule has 27 heavy (non-hydrogen) atoms. The van der Waals surface area contributed by atoms with Crippen LogP contribution in [0.5, 0.6) is 0 Å². The molecule has 0 aliphatic heterocycles. The molecule has 0 unspecified atom stereocenters. The summed E-state index contributed by atoms with van der Waals surface area (Å²) in [4.78, 5) is 28.5. The zero-order valence-electron chi connectivity index (χ0n) is 14.3. The molecule has 0 aliphatic carbocycles. The second-order valence-corrected chi connectivity index (χ2v) is 7.18. The molecule has 0 fully saturated rings. The van der Waals surface area contributed by atoms with E-state index >= 15 is 0 Å². The zero-order chi connectivity index (χ0) is 19.6. The number of carbonyl (C=O) groups is 2. The third-order valence-electron chi connectivity index (χ3n) is 3.94. The Balaban J connectivity index is 1.85. The van der Waals surface area contributed by atoms with Crippen LogP contribution in [0, 0.1) is 6.92 Å². The summed E-state index contributed by atoms with van der Waals surface area (Å²) in [7, 11) is 0. The highest BCUT2D eigenvalue weighted by molar-refractivity contribution is 9.10. The maximum Gasteiger partial charge on any atom is 0.257 e. The van der Waals surface area contributed by atoms with Crippen molar-refractivity contribution in [1.29, 1.82) is 0 Å². The van der Waals surface area contributed by atoms with Crippen LogP contribution in [0.3, 0.4) is 0 Å². The maximum absolute atomic E-state index is 12.6. The standard InChI is InChI=1S/C20H15BrClN3O2/c1-11-15(6-8-18(24-11)12-3-2-4-13(21)9-12)20(27)25-14-5-7-17(22)16(10-14)19(23)26/h2-10H,1H3,(H2,23,26)(H,25,27). The van der Waals surface area contributed by atoms with Crippen LogP contribution >= 0.6 is 27.5 Å². The molecule has 136 valence electrons. The van der Waals surface area contributed by atoms with E-state index in [9.17, 15) is 9.59 Å². The van der Waals surface area contributed by atoms with E-state index in [1.165, 1.54) is 12.1 Å². The van der Waals surface area contributed by atoms with E-state index in [0.29, 0.717) is 16.9 Å². The molecular weight excluding hydrogens is 430 g/mol. The summed E-state index contributed by atoms with van der Waals surface area (Å²) < 4.78 is 0.953. The van der Waals surface area contributed by atoms with Gasteiger partial charge in [-0.25, -0.2) is 0 Å². The number of nitrogens with zero attached hydrogens (tertiary/aromatic N) is 1. The van der Waals surface area contributed by atoms with Gasteiger partial charge in [0.15, 0.2) is 0 Å². The molecule has 0 bridgehead atoms. The summed E-state index contributed by atoms with van der Waals surface area (Å²) in [5.41, 5.74) is 8.60. The van der Waals surface area contributed by atoms with Gasteiger partial charge >= 0.3 is 0 Å². The van der Waals surface area contributed by atoms with E-state index in [1.54, 1.807) is 25.1 Å². The highest BCUT2D eigenvalue weighted by Crippen LogP contribution is 2.24. The van der Waals surface area contributed by atoms with Crippen LogP contribution < -0.4 is 11.1 Å². The Morgan fingerprint density at radius 2 is 1.85 bits per heavy atom. The number of hydrogen-bond donors (Lipinski definition) is 2. The van der Waals surface area contributed by atoms with E-state index in [4.69, 9.17) is 17.3 Å². The van der Waals surface area contributed by atoms with E-state index in [1.807, 2.05) is 24.3 Å². The smallest absolute Gasteiger partial charge is 0.257 e. The lowest BCUT2D eigenvalue weighted by molar-refractivity contribution is 0.0996. The molecule has 1 aromatic heterocycles. The third-order valence-corrected chi connectivity index (χ3v) is 4.76. The number of pyridine rings is 1. The fourth-order valence-corrected chi connectivity index (χ4v) is 3.21. The van der Waals surface area contributed by atoms with Gasteiger partial charge in [-0.05, 0) is 49.4 Å². The Morgan fingerprint density at radius 3 is 2.52 bits per heavy atom. The summed E-state index contributed by atoms with van der Waals surface area (Å²) in [6, 6.07) is 15.8. The van der Waals surface area contributed by atoms with Gasteiger partial charge in [0.25, 0.3) is 5.91 Å². The van der Waals surface area contributed by atoms with Gasteiger partial charge in [0.2, 0.25) is 5.91 Å². The van der Waals surface area contributed by atoms with Crippen LogP contribution in [0.15, 0.2) is 59.1 Å². The second-order valence-electron chi connectivity index (χ2n) is 5.85. The van der Waals surface area contributed by atoms with E-state index in [2.05, 4.69) is 26.2 Å². The first-order valence-electron chi connectivity index (χ1n) is 7.99. The largest absolute Gasteiger partial charge is 0.366 e. The number of benzene rings is 2. The fourth-order valence-electron chi connectivity index (χ4n) is 2.60. The summed E-state index contributed by atoms with van der Waals surface area (Å²) in [6.07, 6.45) is 0. The van der Waals surface area contributed by atoms with Gasteiger partial charge in [0, 0.05) is 15.7 Å². The quantitative estimate of drug-likeness (QED) is 0.605. The molecule has 1 heterocycles. The Labute approximate surface area is 169 Å². The lowest BCUT2D eigenvalue weighted by Crippen LogP contribution is -2.16. The van der Waals surface area contributed by atoms with Gasteiger partial charge in [-0.2, -0.15) is 0 Å². The molecule has 7 heteroatoms. The number of nitrogens with two attached hydrogens (primary N) is 1. The average molecular weight is 445 g/mol. The van der Waals surface area contributed by atoms with Crippen molar-refractivity contribution in [3.8, 4) is 11.3 Å². The molecule has 0 saturated heterocycles. The summed E-state index contributed by atoms with van der Waals surface area (Å²) in [6.45, 7) is 1.77. The molecule has 0 spiro atoms. The minimum atomic E-state index is -0.660.